The molecule has 96 valence electrons. The Morgan fingerprint density at radius 2 is 1.71 bits per heavy atom. The van der Waals surface area contributed by atoms with Gasteiger partial charge in [0.1, 0.15) is 0 Å². The third-order valence-corrected chi connectivity index (χ3v) is 2.38. The van der Waals surface area contributed by atoms with Gasteiger partial charge < -0.3 is 10.2 Å². The first kappa shape index (κ1) is 15.4. The number of rotatable bonds is 8. The average Bonchev–Trinajstić information content (AvgIpc) is 2.26. The number of carbonyl (C=O) groups is 2. The lowest BCUT2D eigenvalue weighted by Gasteiger charge is -1.99. The SMILES string of the molecule is CCCCCCC=C(C=C(C)C(=O)O)C(=O)O. The molecule has 0 bridgehead atoms. The van der Waals surface area contributed by atoms with Crippen LogP contribution in [0.2, 0.25) is 0 Å². The maximum atomic E-state index is 10.9. The molecule has 0 atom stereocenters. The monoisotopic (exact) mass is 240 g/mol. The molecule has 0 saturated heterocycles. The maximum Gasteiger partial charge on any atom is 0.335 e. The summed E-state index contributed by atoms with van der Waals surface area (Å²) in [5.74, 6) is -2.18. The molecule has 0 aromatic heterocycles. The first-order chi connectivity index (χ1) is 7.99. The standard InChI is InChI=1S/C13H20O4/c1-3-4-5-6-7-8-11(13(16)17)9-10(2)12(14)15/h8-9H,3-7H2,1-2H3,(H,14,15)(H,16,17). The topological polar surface area (TPSA) is 74.6 Å². The Morgan fingerprint density at radius 3 is 2.18 bits per heavy atom. The Labute approximate surface area is 102 Å². The highest BCUT2D eigenvalue weighted by Crippen LogP contribution is 2.09. The van der Waals surface area contributed by atoms with Crippen LogP contribution < -0.4 is 0 Å². The predicted molar refractivity (Wildman–Crippen MR) is 65.9 cm³/mol. The van der Waals surface area contributed by atoms with Crippen LogP contribution in [-0.4, -0.2) is 22.2 Å². The van der Waals surface area contributed by atoms with E-state index in [1.54, 1.807) is 6.08 Å². The van der Waals surface area contributed by atoms with Crippen molar-refractivity contribution in [3.8, 4) is 0 Å². The first-order valence-electron chi connectivity index (χ1n) is 5.84. The number of unbranched alkanes of at least 4 members (excludes halogenated alkanes) is 4. The second-order valence-electron chi connectivity index (χ2n) is 3.95. The molecule has 17 heavy (non-hydrogen) atoms. The van der Waals surface area contributed by atoms with Gasteiger partial charge in [-0.05, 0) is 25.8 Å². The van der Waals surface area contributed by atoms with Crippen molar-refractivity contribution >= 4 is 11.9 Å². The lowest BCUT2D eigenvalue weighted by molar-refractivity contribution is -0.132. The van der Waals surface area contributed by atoms with E-state index in [1.807, 2.05) is 0 Å². The number of carboxylic acid groups (broad SMARTS) is 2. The molecule has 0 aliphatic rings. The van der Waals surface area contributed by atoms with E-state index in [4.69, 9.17) is 10.2 Å². The second-order valence-corrected chi connectivity index (χ2v) is 3.95. The largest absolute Gasteiger partial charge is 0.478 e. The number of hydrogen-bond donors (Lipinski definition) is 2. The summed E-state index contributed by atoms with van der Waals surface area (Å²) in [5.41, 5.74) is 0.0913. The summed E-state index contributed by atoms with van der Waals surface area (Å²) in [6.45, 7) is 3.49. The number of allylic oxidation sites excluding steroid dienone is 1. The summed E-state index contributed by atoms with van der Waals surface area (Å²) >= 11 is 0. The molecule has 0 aromatic rings. The Balaban J connectivity index is 4.43. The fourth-order valence-electron chi connectivity index (χ4n) is 1.33. The summed E-state index contributed by atoms with van der Waals surface area (Å²) in [6, 6.07) is 0. The molecule has 0 fully saturated rings. The van der Waals surface area contributed by atoms with E-state index >= 15 is 0 Å². The van der Waals surface area contributed by atoms with Crippen LogP contribution in [0.1, 0.15) is 46.0 Å². The van der Waals surface area contributed by atoms with Gasteiger partial charge in [0.15, 0.2) is 0 Å². The Morgan fingerprint density at radius 1 is 1.06 bits per heavy atom. The van der Waals surface area contributed by atoms with Gasteiger partial charge in [-0.15, -0.1) is 0 Å². The van der Waals surface area contributed by atoms with Gasteiger partial charge in [0.05, 0.1) is 5.57 Å². The van der Waals surface area contributed by atoms with Gasteiger partial charge in [0.25, 0.3) is 0 Å². The molecule has 0 saturated carbocycles. The number of carboxylic acids is 2. The molecule has 0 rings (SSSR count). The molecule has 0 aromatic carbocycles. The van der Waals surface area contributed by atoms with Crippen molar-refractivity contribution in [1.29, 1.82) is 0 Å². The summed E-state index contributed by atoms with van der Waals surface area (Å²) in [5, 5.41) is 17.6. The van der Waals surface area contributed by atoms with Crippen molar-refractivity contribution in [1.82, 2.24) is 0 Å². The predicted octanol–water partition coefficient (Wildman–Crippen LogP) is 3.00. The van der Waals surface area contributed by atoms with Crippen LogP contribution in [0.3, 0.4) is 0 Å². The average molecular weight is 240 g/mol. The second kappa shape index (κ2) is 8.56. The van der Waals surface area contributed by atoms with E-state index in [0.29, 0.717) is 6.42 Å². The van der Waals surface area contributed by atoms with Crippen LogP contribution in [0.5, 0.6) is 0 Å². The molecule has 4 heteroatoms. The summed E-state index contributed by atoms with van der Waals surface area (Å²) < 4.78 is 0. The van der Waals surface area contributed by atoms with Crippen molar-refractivity contribution in [2.45, 2.75) is 46.0 Å². The van der Waals surface area contributed by atoms with Gasteiger partial charge in [0, 0.05) is 5.57 Å². The van der Waals surface area contributed by atoms with Gasteiger partial charge >= 0.3 is 11.9 Å². The van der Waals surface area contributed by atoms with Crippen molar-refractivity contribution in [2.24, 2.45) is 0 Å². The van der Waals surface area contributed by atoms with Crippen molar-refractivity contribution in [2.75, 3.05) is 0 Å². The van der Waals surface area contributed by atoms with Crippen molar-refractivity contribution < 1.29 is 19.8 Å². The zero-order valence-electron chi connectivity index (χ0n) is 10.4. The molecule has 0 unspecified atom stereocenters. The van der Waals surface area contributed by atoms with E-state index in [9.17, 15) is 9.59 Å². The third kappa shape index (κ3) is 7.33. The summed E-state index contributed by atoms with van der Waals surface area (Å²) in [7, 11) is 0. The van der Waals surface area contributed by atoms with E-state index in [1.165, 1.54) is 13.0 Å². The van der Waals surface area contributed by atoms with Crippen LogP contribution in [0, 0.1) is 0 Å². The lowest BCUT2D eigenvalue weighted by Crippen LogP contribution is -2.02. The van der Waals surface area contributed by atoms with Crippen LogP contribution in [-0.2, 0) is 9.59 Å². The molecule has 0 radical (unpaired) electrons. The van der Waals surface area contributed by atoms with Crippen molar-refractivity contribution in [3.63, 3.8) is 0 Å². The number of hydrogen-bond acceptors (Lipinski definition) is 2. The van der Waals surface area contributed by atoms with Gasteiger partial charge in [-0.1, -0.05) is 32.3 Å². The fraction of sp³-hybridized carbons (Fsp3) is 0.538. The summed E-state index contributed by atoms with van der Waals surface area (Å²) in [4.78, 5) is 21.5. The minimum atomic E-state index is -1.09. The lowest BCUT2D eigenvalue weighted by atomic mass is 10.1. The quantitative estimate of drug-likeness (QED) is 0.388. The van der Waals surface area contributed by atoms with E-state index in [0.717, 1.165) is 25.7 Å². The third-order valence-electron chi connectivity index (χ3n) is 2.38. The molecule has 0 aliphatic carbocycles. The molecule has 2 N–H and O–H groups in total. The van der Waals surface area contributed by atoms with Gasteiger partial charge in [-0.3, -0.25) is 0 Å². The van der Waals surface area contributed by atoms with E-state index in [2.05, 4.69) is 6.92 Å². The van der Waals surface area contributed by atoms with Gasteiger partial charge in [0.2, 0.25) is 0 Å². The first-order valence-corrected chi connectivity index (χ1v) is 5.84. The number of aliphatic carboxylic acids is 2. The highest BCUT2D eigenvalue weighted by molar-refractivity contribution is 5.94. The van der Waals surface area contributed by atoms with Gasteiger partial charge in [-0.2, -0.15) is 0 Å². The van der Waals surface area contributed by atoms with E-state index < -0.39 is 11.9 Å². The minimum absolute atomic E-state index is 0.0345. The van der Waals surface area contributed by atoms with E-state index in [-0.39, 0.29) is 11.1 Å². The minimum Gasteiger partial charge on any atom is -0.478 e. The zero-order valence-corrected chi connectivity index (χ0v) is 10.4. The fourth-order valence-corrected chi connectivity index (χ4v) is 1.33. The van der Waals surface area contributed by atoms with Gasteiger partial charge in [-0.25, -0.2) is 9.59 Å². The molecular formula is C13H20O4. The Kier molecular flexibility index (Phi) is 7.76. The molecule has 0 aliphatic heterocycles. The van der Waals surface area contributed by atoms with Crippen LogP contribution in [0.25, 0.3) is 0 Å². The van der Waals surface area contributed by atoms with Crippen molar-refractivity contribution in [3.05, 3.63) is 23.3 Å². The molecular weight excluding hydrogens is 220 g/mol. The molecule has 0 amide bonds. The van der Waals surface area contributed by atoms with Crippen LogP contribution in [0.15, 0.2) is 23.3 Å². The molecule has 0 heterocycles. The van der Waals surface area contributed by atoms with Crippen LogP contribution in [0.4, 0.5) is 0 Å². The Hall–Kier alpha value is -1.58. The normalized spacial score (nSPS) is 12.6. The highest BCUT2D eigenvalue weighted by atomic mass is 16.4. The maximum absolute atomic E-state index is 10.9. The zero-order chi connectivity index (χ0) is 13.3. The molecule has 4 nitrogen and oxygen atoms in total. The van der Waals surface area contributed by atoms with Crippen LogP contribution >= 0.6 is 0 Å². The smallest absolute Gasteiger partial charge is 0.335 e. The molecule has 0 spiro atoms. The Bertz CT molecular complexity index is 326. The summed E-state index contributed by atoms with van der Waals surface area (Å²) in [6.07, 6.45) is 7.74. The highest BCUT2D eigenvalue weighted by Gasteiger charge is 2.07.